The van der Waals surface area contributed by atoms with Crippen molar-refractivity contribution in [1.29, 1.82) is 0 Å². The zero-order chi connectivity index (χ0) is 14.1. The highest BCUT2D eigenvalue weighted by Gasteiger charge is 2.07. The van der Waals surface area contributed by atoms with Gasteiger partial charge in [0.2, 0.25) is 0 Å². The van der Waals surface area contributed by atoms with E-state index in [1.165, 1.54) is 0 Å². The molecule has 2 aromatic carbocycles. The lowest BCUT2D eigenvalue weighted by atomic mass is 10.3. The minimum Gasteiger partial charge on any atom is -0.378 e. The van der Waals surface area contributed by atoms with Crippen LogP contribution in [0.2, 0.25) is 5.02 Å². The Labute approximate surface area is 130 Å². The molecule has 1 N–H and O–H groups in total. The highest BCUT2D eigenvalue weighted by molar-refractivity contribution is 9.10. The maximum Gasteiger partial charge on any atom is 0.128 e. The van der Waals surface area contributed by atoms with Gasteiger partial charge in [0.25, 0.3) is 0 Å². The summed E-state index contributed by atoms with van der Waals surface area (Å²) in [6.45, 7) is 0.656. The van der Waals surface area contributed by atoms with Gasteiger partial charge in [-0.25, -0.2) is 4.98 Å². The van der Waals surface area contributed by atoms with E-state index in [1.807, 2.05) is 43.4 Å². The fourth-order valence-electron chi connectivity index (χ4n) is 2.14. The number of rotatable bonds is 3. The summed E-state index contributed by atoms with van der Waals surface area (Å²) < 4.78 is 3.00. The van der Waals surface area contributed by atoms with Crippen LogP contribution in [0.3, 0.4) is 0 Å². The van der Waals surface area contributed by atoms with Gasteiger partial charge in [0.05, 0.1) is 22.6 Å². The molecule has 0 saturated carbocycles. The van der Waals surface area contributed by atoms with E-state index in [0.29, 0.717) is 11.6 Å². The first-order valence-electron chi connectivity index (χ1n) is 6.24. The zero-order valence-electron chi connectivity index (χ0n) is 10.9. The van der Waals surface area contributed by atoms with Crippen LogP contribution in [0.25, 0.3) is 11.0 Å². The van der Waals surface area contributed by atoms with Crippen LogP contribution in [0.5, 0.6) is 0 Å². The van der Waals surface area contributed by atoms with Crippen molar-refractivity contribution < 1.29 is 0 Å². The number of para-hydroxylation sites is 2. The number of imidazole rings is 1. The van der Waals surface area contributed by atoms with Crippen molar-refractivity contribution in [3.05, 3.63) is 57.8 Å². The second-order valence-corrected chi connectivity index (χ2v) is 5.82. The molecule has 0 spiro atoms. The number of nitrogens with zero attached hydrogens (tertiary/aromatic N) is 2. The summed E-state index contributed by atoms with van der Waals surface area (Å²) in [6, 6.07) is 13.9. The van der Waals surface area contributed by atoms with Gasteiger partial charge in [-0.1, -0.05) is 23.7 Å². The highest BCUT2D eigenvalue weighted by Crippen LogP contribution is 2.25. The smallest absolute Gasteiger partial charge is 0.128 e. The second-order valence-electron chi connectivity index (χ2n) is 4.56. The molecule has 20 heavy (non-hydrogen) atoms. The molecule has 1 heterocycles. The minimum atomic E-state index is 0.656. The molecule has 5 heteroatoms. The number of nitrogens with one attached hydrogen (secondary N) is 1. The van der Waals surface area contributed by atoms with Crippen LogP contribution in [0, 0.1) is 0 Å². The number of aromatic nitrogens is 2. The van der Waals surface area contributed by atoms with Crippen molar-refractivity contribution >= 4 is 44.3 Å². The molecule has 0 unspecified atom stereocenters. The molecule has 102 valence electrons. The van der Waals surface area contributed by atoms with E-state index in [2.05, 4.69) is 36.9 Å². The Bertz CT molecular complexity index is 767. The lowest BCUT2D eigenvalue weighted by Gasteiger charge is -2.07. The normalized spacial score (nSPS) is 10.9. The fraction of sp³-hybridized carbons (Fsp3) is 0.133. The Morgan fingerprint density at radius 3 is 2.80 bits per heavy atom. The molecular formula is C15H13BrClN3. The largest absolute Gasteiger partial charge is 0.378 e. The lowest BCUT2D eigenvalue weighted by molar-refractivity contribution is 0.834. The van der Waals surface area contributed by atoms with Gasteiger partial charge in [-0.2, -0.15) is 0 Å². The summed E-state index contributed by atoms with van der Waals surface area (Å²) in [5.74, 6) is 0.991. The Kier molecular flexibility index (Phi) is 3.68. The van der Waals surface area contributed by atoms with Crippen LogP contribution in [-0.2, 0) is 13.6 Å². The average molecular weight is 351 g/mol. The lowest BCUT2D eigenvalue weighted by Crippen LogP contribution is -2.05. The highest BCUT2D eigenvalue weighted by atomic mass is 79.9. The minimum absolute atomic E-state index is 0.656. The summed E-state index contributed by atoms with van der Waals surface area (Å²) in [5.41, 5.74) is 3.13. The summed E-state index contributed by atoms with van der Waals surface area (Å²) in [4.78, 5) is 4.63. The van der Waals surface area contributed by atoms with Crippen LogP contribution in [-0.4, -0.2) is 9.55 Å². The molecule has 0 saturated heterocycles. The summed E-state index contributed by atoms with van der Waals surface area (Å²) >= 11 is 9.47. The van der Waals surface area contributed by atoms with Crippen LogP contribution in [0.15, 0.2) is 46.9 Å². The Hall–Kier alpha value is -1.52. The third-order valence-electron chi connectivity index (χ3n) is 3.25. The van der Waals surface area contributed by atoms with Gasteiger partial charge in [0.15, 0.2) is 0 Å². The number of hydrogen-bond acceptors (Lipinski definition) is 2. The predicted octanol–water partition coefficient (Wildman–Crippen LogP) is 4.60. The van der Waals surface area contributed by atoms with Gasteiger partial charge >= 0.3 is 0 Å². The first-order valence-corrected chi connectivity index (χ1v) is 7.41. The third kappa shape index (κ3) is 2.53. The van der Waals surface area contributed by atoms with Gasteiger partial charge in [0, 0.05) is 17.2 Å². The maximum atomic E-state index is 6.08. The SMILES string of the molecule is Cn1c(CNc2ccc(Br)c(Cl)c2)nc2ccccc21. The zero-order valence-corrected chi connectivity index (χ0v) is 13.2. The van der Waals surface area contributed by atoms with Gasteiger partial charge in [-0.05, 0) is 46.3 Å². The molecule has 0 radical (unpaired) electrons. The number of hydrogen-bond donors (Lipinski definition) is 1. The summed E-state index contributed by atoms with van der Waals surface area (Å²) in [6.07, 6.45) is 0. The molecular weight excluding hydrogens is 338 g/mol. The van der Waals surface area contributed by atoms with E-state index in [0.717, 1.165) is 27.0 Å². The number of fused-ring (bicyclic) bond motifs is 1. The van der Waals surface area contributed by atoms with Crippen molar-refractivity contribution in [1.82, 2.24) is 9.55 Å². The quantitative estimate of drug-likeness (QED) is 0.748. The van der Waals surface area contributed by atoms with Crippen molar-refractivity contribution in [2.45, 2.75) is 6.54 Å². The first kappa shape index (κ1) is 13.5. The Morgan fingerprint density at radius 2 is 2.05 bits per heavy atom. The van der Waals surface area contributed by atoms with Crippen LogP contribution in [0.4, 0.5) is 5.69 Å². The van der Waals surface area contributed by atoms with E-state index in [4.69, 9.17) is 11.6 Å². The molecule has 0 aliphatic rings. The molecule has 3 rings (SSSR count). The van der Waals surface area contributed by atoms with E-state index in [9.17, 15) is 0 Å². The number of anilines is 1. The molecule has 1 aromatic heterocycles. The molecule has 3 aromatic rings. The summed E-state index contributed by atoms with van der Waals surface area (Å²) in [7, 11) is 2.03. The van der Waals surface area contributed by atoms with E-state index in [1.54, 1.807) is 0 Å². The number of benzene rings is 2. The van der Waals surface area contributed by atoms with E-state index < -0.39 is 0 Å². The second kappa shape index (κ2) is 5.46. The monoisotopic (exact) mass is 349 g/mol. The number of halogens is 2. The molecule has 0 bridgehead atoms. The van der Waals surface area contributed by atoms with Gasteiger partial charge < -0.3 is 9.88 Å². The Morgan fingerprint density at radius 1 is 1.25 bits per heavy atom. The van der Waals surface area contributed by atoms with E-state index in [-0.39, 0.29) is 0 Å². The number of aryl methyl sites for hydroxylation is 1. The molecule has 0 atom stereocenters. The fourth-order valence-corrected chi connectivity index (χ4v) is 2.57. The molecule has 0 fully saturated rings. The molecule has 0 aliphatic heterocycles. The Balaban J connectivity index is 1.83. The molecule has 3 nitrogen and oxygen atoms in total. The van der Waals surface area contributed by atoms with Crippen LogP contribution >= 0.6 is 27.5 Å². The summed E-state index contributed by atoms with van der Waals surface area (Å²) in [5, 5.41) is 4.04. The van der Waals surface area contributed by atoms with Crippen molar-refractivity contribution in [3.8, 4) is 0 Å². The van der Waals surface area contributed by atoms with Crippen molar-refractivity contribution in [2.75, 3.05) is 5.32 Å². The van der Waals surface area contributed by atoms with E-state index >= 15 is 0 Å². The third-order valence-corrected chi connectivity index (χ3v) is 4.48. The van der Waals surface area contributed by atoms with Gasteiger partial charge in [0.1, 0.15) is 5.82 Å². The van der Waals surface area contributed by atoms with Crippen molar-refractivity contribution in [2.24, 2.45) is 7.05 Å². The predicted molar refractivity (Wildman–Crippen MR) is 87.2 cm³/mol. The first-order chi connectivity index (χ1) is 9.65. The standard InChI is InChI=1S/C15H13BrClN3/c1-20-14-5-3-2-4-13(14)19-15(20)9-18-10-6-7-11(16)12(17)8-10/h2-8,18H,9H2,1H3. The van der Waals surface area contributed by atoms with Gasteiger partial charge in [-0.3, -0.25) is 0 Å². The maximum absolute atomic E-state index is 6.08. The van der Waals surface area contributed by atoms with Gasteiger partial charge in [-0.15, -0.1) is 0 Å². The average Bonchev–Trinajstić information content (AvgIpc) is 2.77. The van der Waals surface area contributed by atoms with Crippen LogP contribution in [0.1, 0.15) is 5.82 Å². The van der Waals surface area contributed by atoms with Crippen LogP contribution < -0.4 is 5.32 Å². The molecule has 0 amide bonds. The topological polar surface area (TPSA) is 29.9 Å². The molecule has 0 aliphatic carbocycles. The van der Waals surface area contributed by atoms with Crippen molar-refractivity contribution in [3.63, 3.8) is 0 Å².